The van der Waals surface area contributed by atoms with E-state index in [0.717, 1.165) is 30.7 Å². The molecule has 0 amide bonds. The van der Waals surface area contributed by atoms with Crippen LogP contribution in [0.2, 0.25) is 0 Å². The number of hydrogen-bond acceptors (Lipinski definition) is 8. The fourth-order valence-electron chi connectivity index (χ4n) is 1.44. The monoisotopic (exact) mass is 439 g/mol. The van der Waals surface area contributed by atoms with Crippen molar-refractivity contribution in [1.82, 2.24) is 0 Å². The van der Waals surface area contributed by atoms with Crippen molar-refractivity contribution in [3.63, 3.8) is 0 Å². The Balaban J connectivity index is 0. The van der Waals surface area contributed by atoms with Gasteiger partial charge in [-0.2, -0.15) is 6.42 Å². The first-order chi connectivity index (χ1) is 12.5. The summed E-state index contributed by atoms with van der Waals surface area (Å²) in [4.78, 5) is 20.6. The summed E-state index contributed by atoms with van der Waals surface area (Å²) in [6.07, 6.45) is 1.00. The van der Waals surface area contributed by atoms with Gasteiger partial charge >= 0.3 is 28.4 Å². The Labute approximate surface area is 169 Å². The maximum atomic E-state index is 10.7. The molecule has 0 saturated heterocycles. The molecule has 10 nitrogen and oxygen atoms in total. The van der Waals surface area contributed by atoms with Crippen LogP contribution in [0.3, 0.4) is 0 Å². The molecule has 0 fully saturated rings. The van der Waals surface area contributed by atoms with Crippen molar-refractivity contribution in [3.05, 3.63) is 42.3 Å². The van der Waals surface area contributed by atoms with Crippen molar-refractivity contribution in [3.8, 4) is 34.5 Å². The minimum Gasteiger partial charge on any atom is -0.867 e. The van der Waals surface area contributed by atoms with Gasteiger partial charge in [0.1, 0.15) is 23.0 Å². The number of carboxylic acid groups (broad SMARTS) is 2. The van der Waals surface area contributed by atoms with Gasteiger partial charge < -0.3 is 47.8 Å². The van der Waals surface area contributed by atoms with Crippen LogP contribution >= 0.6 is 0 Å². The van der Waals surface area contributed by atoms with E-state index in [4.69, 9.17) is 30.6 Å². The summed E-state index contributed by atoms with van der Waals surface area (Å²) in [5.41, 5.74) is -0.658. The Morgan fingerprint density at radius 3 is 1.11 bits per heavy atom. The molecule has 2 rings (SSSR count). The summed E-state index contributed by atoms with van der Waals surface area (Å²) < 4.78 is 0. The molecular weight excluding hydrogens is 423 g/mol. The molecule has 0 atom stereocenters. The predicted octanol–water partition coefficient (Wildman–Crippen LogP) is 0.967. The van der Waals surface area contributed by atoms with Crippen LogP contribution in [0.5, 0.6) is 34.5 Å². The third kappa shape index (κ3) is 7.92. The second-order valence-electron chi connectivity index (χ2n) is 4.80. The van der Waals surface area contributed by atoms with E-state index in [1.807, 2.05) is 6.92 Å². The Morgan fingerprint density at radius 1 is 0.786 bits per heavy atom. The first-order valence-electron chi connectivity index (χ1n) is 7.17. The van der Waals surface area contributed by atoms with E-state index in [0.29, 0.717) is 0 Å². The van der Waals surface area contributed by atoms with Crippen LogP contribution in [0.15, 0.2) is 24.3 Å². The van der Waals surface area contributed by atoms with Gasteiger partial charge in [-0.15, -0.1) is 0 Å². The van der Waals surface area contributed by atoms with Crippen LogP contribution in [0.1, 0.15) is 34.1 Å². The Morgan fingerprint density at radius 2 is 0.964 bits per heavy atom. The van der Waals surface area contributed by atoms with Gasteiger partial charge in [0, 0.05) is 0 Å². The van der Waals surface area contributed by atoms with Crippen molar-refractivity contribution in [2.75, 3.05) is 0 Å². The summed E-state index contributed by atoms with van der Waals surface area (Å²) in [5, 5.41) is 73.3. The minimum absolute atomic E-state index is 0. The Bertz CT molecular complexity index is 706. The SMILES string of the molecule is O=C(O)c1cc(O)c([O-])c(O)c1.O=C(O)c1cc(O)c([O-])c(O)c1.[CH2-]CC.[Ni+3]. The van der Waals surface area contributed by atoms with Crippen LogP contribution in [0.4, 0.5) is 0 Å². The largest absolute Gasteiger partial charge is 3.00 e. The number of phenols is 4. The molecule has 0 aromatic heterocycles. The second-order valence-corrected chi connectivity index (χ2v) is 4.80. The number of aromatic carboxylic acids is 2. The standard InChI is InChI=1S/2C7H6O5.C3H7.Ni/c2*8-4-1-3(7(11)12)2-5(9)6(4)10;1-3-2;/h2*1-2,8-10H,(H,11,12);1,3H2,2H3;/q;;-1;+3/p-2. The van der Waals surface area contributed by atoms with Crippen LogP contribution in [0.25, 0.3) is 0 Å². The molecule has 0 spiro atoms. The number of aromatic hydroxyl groups is 4. The van der Waals surface area contributed by atoms with E-state index < -0.39 is 46.4 Å². The van der Waals surface area contributed by atoms with Gasteiger partial charge in [0.15, 0.2) is 0 Å². The third-order valence-corrected chi connectivity index (χ3v) is 2.59. The smallest absolute Gasteiger partial charge is 0.867 e. The Kier molecular flexibility index (Phi) is 11.7. The number of rotatable bonds is 2. The third-order valence-electron chi connectivity index (χ3n) is 2.59. The first kappa shape index (κ1) is 26.9. The zero-order valence-electron chi connectivity index (χ0n) is 14.4. The second kappa shape index (κ2) is 12.1. The molecule has 0 heterocycles. The maximum Gasteiger partial charge on any atom is 3.00 e. The van der Waals surface area contributed by atoms with Gasteiger partial charge in [-0.3, -0.25) is 0 Å². The van der Waals surface area contributed by atoms with Gasteiger partial charge in [-0.1, -0.05) is 6.92 Å². The average molecular weight is 440 g/mol. The molecule has 11 heteroatoms. The van der Waals surface area contributed by atoms with E-state index >= 15 is 0 Å². The molecule has 0 aliphatic rings. The van der Waals surface area contributed by atoms with Crippen LogP contribution in [0, 0.1) is 6.92 Å². The molecule has 0 aliphatic heterocycles. The molecule has 155 valence electrons. The van der Waals surface area contributed by atoms with Crippen LogP contribution < -0.4 is 10.2 Å². The van der Waals surface area contributed by atoms with Crippen LogP contribution in [-0.4, -0.2) is 42.6 Å². The number of carboxylic acids is 2. The van der Waals surface area contributed by atoms with Gasteiger partial charge in [-0.05, 0) is 35.8 Å². The number of carbonyl (C=O) groups is 2. The van der Waals surface area contributed by atoms with Crippen molar-refractivity contribution < 1.29 is 66.9 Å². The van der Waals surface area contributed by atoms with Crippen molar-refractivity contribution in [2.45, 2.75) is 13.3 Å². The molecule has 1 radical (unpaired) electrons. The predicted molar refractivity (Wildman–Crippen MR) is 88.0 cm³/mol. The van der Waals surface area contributed by atoms with Gasteiger partial charge in [-0.25, -0.2) is 9.59 Å². The molecule has 28 heavy (non-hydrogen) atoms. The van der Waals surface area contributed by atoms with E-state index in [1.54, 1.807) is 0 Å². The maximum absolute atomic E-state index is 10.7. The van der Waals surface area contributed by atoms with E-state index in [2.05, 4.69) is 6.92 Å². The molecule has 6 N–H and O–H groups in total. The molecule has 2 aromatic carbocycles. The Hall–Kier alpha value is -3.33. The summed E-state index contributed by atoms with van der Waals surface area (Å²) in [6.45, 7) is 5.50. The summed E-state index contributed by atoms with van der Waals surface area (Å²) >= 11 is 0. The molecule has 0 saturated carbocycles. The molecule has 2 aromatic rings. The van der Waals surface area contributed by atoms with E-state index in [1.165, 1.54) is 0 Å². The molecule has 0 bridgehead atoms. The zero-order chi connectivity index (χ0) is 21.3. The van der Waals surface area contributed by atoms with E-state index in [9.17, 15) is 19.8 Å². The van der Waals surface area contributed by atoms with Crippen molar-refractivity contribution in [1.29, 1.82) is 0 Å². The average Bonchev–Trinajstić information content (AvgIpc) is 2.57. The first-order valence-corrected chi connectivity index (χ1v) is 7.17. The van der Waals surface area contributed by atoms with Gasteiger partial charge in [0.05, 0.1) is 11.1 Å². The fraction of sp³-hybridized carbons (Fsp3) is 0.118. The van der Waals surface area contributed by atoms with Gasteiger partial charge in [0.2, 0.25) is 0 Å². The molecular formula is C17H17NiO10. The van der Waals surface area contributed by atoms with Crippen molar-refractivity contribution >= 4 is 11.9 Å². The number of benzene rings is 2. The van der Waals surface area contributed by atoms with Gasteiger partial charge in [0.25, 0.3) is 0 Å². The fourth-order valence-corrected chi connectivity index (χ4v) is 1.44. The molecule has 0 unspecified atom stereocenters. The summed E-state index contributed by atoms with van der Waals surface area (Å²) in [6, 6.07) is 3.13. The number of phenolic OH excluding ortho intramolecular Hbond substituents is 4. The molecule has 0 aliphatic carbocycles. The number of hydrogen-bond donors (Lipinski definition) is 6. The van der Waals surface area contributed by atoms with Crippen molar-refractivity contribution in [2.24, 2.45) is 0 Å². The van der Waals surface area contributed by atoms with E-state index in [-0.39, 0.29) is 27.6 Å². The topological polar surface area (TPSA) is 202 Å². The summed E-state index contributed by atoms with van der Waals surface area (Å²) in [7, 11) is 0. The quantitative estimate of drug-likeness (QED) is 0.289. The minimum atomic E-state index is -1.32. The zero-order valence-corrected chi connectivity index (χ0v) is 15.3. The van der Waals surface area contributed by atoms with Crippen LogP contribution in [-0.2, 0) is 16.5 Å². The summed E-state index contributed by atoms with van der Waals surface area (Å²) in [5.74, 6) is -7.67. The normalized spacial score (nSPS) is 8.93.